The molecule has 0 aromatic heterocycles. The second-order valence-electron chi connectivity index (χ2n) is 3.33. The first-order chi connectivity index (χ1) is 7.63. The molecule has 5 N–H and O–H groups in total. The number of hydrogen-bond acceptors (Lipinski definition) is 5. The van der Waals surface area contributed by atoms with Crippen LogP contribution in [0.1, 0.15) is 13.3 Å². The van der Waals surface area contributed by atoms with E-state index in [1.807, 2.05) is 6.07 Å². The highest BCUT2D eigenvalue weighted by Gasteiger charge is 2.01. The number of rotatable bonds is 5. The molecule has 0 radical (unpaired) electrons. The molecule has 0 saturated carbocycles. The van der Waals surface area contributed by atoms with E-state index in [0.717, 1.165) is 5.69 Å². The Bertz CT molecular complexity index is 366. The van der Waals surface area contributed by atoms with E-state index >= 15 is 0 Å². The van der Waals surface area contributed by atoms with Crippen LogP contribution in [0.4, 0.5) is 17.1 Å². The highest BCUT2D eigenvalue weighted by Crippen LogP contribution is 2.19. The summed E-state index contributed by atoms with van der Waals surface area (Å²) in [5.74, 6) is -0.210. The Balaban J connectivity index is 2.37. The van der Waals surface area contributed by atoms with E-state index in [-0.39, 0.29) is 5.97 Å². The highest BCUT2D eigenvalue weighted by atomic mass is 16.5. The number of carbonyl (C=O) groups is 1. The van der Waals surface area contributed by atoms with Crippen molar-refractivity contribution in [3.8, 4) is 0 Å². The number of esters is 1. The van der Waals surface area contributed by atoms with Gasteiger partial charge in [-0.25, -0.2) is 0 Å². The van der Waals surface area contributed by atoms with Gasteiger partial charge >= 0.3 is 5.97 Å². The molecule has 0 fully saturated rings. The van der Waals surface area contributed by atoms with Crippen LogP contribution in [0, 0.1) is 0 Å². The van der Waals surface area contributed by atoms with Gasteiger partial charge in [-0.1, -0.05) is 0 Å². The van der Waals surface area contributed by atoms with Crippen LogP contribution in [0.3, 0.4) is 0 Å². The van der Waals surface area contributed by atoms with Gasteiger partial charge in [0.1, 0.15) is 0 Å². The van der Waals surface area contributed by atoms with Crippen molar-refractivity contribution in [1.82, 2.24) is 0 Å². The van der Waals surface area contributed by atoms with E-state index in [1.165, 1.54) is 0 Å². The zero-order valence-corrected chi connectivity index (χ0v) is 9.32. The van der Waals surface area contributed by atoms with E-state index in [2.05, 4.69) is 5.32 Å². The maximum atomic E-state index is 11.0. The number of ether oxygens (including phenoxy) is 1. The number of carbonyl (C=O) groups excluding carboxylic acids is 1. The van der Waals surface area contributed by atoms with Crippen molar-refractivity contribution in [2.75, 3.05) is 29.9 Å². The zero-order chi connectivity index (χ0) is 12.0. The normalized spacial score (nSPS) is 9.81. The Kier molecular flexibility index (Phi) is 4.44. The molecule has 0 amide bonds. The van der Waals surface area contributed by atoms with Gasteiger partial charge in [-0.3, -0.25) is 4.79 Å². The van der Waals surface area contributed by atoms with Gasteiger partial charge in [-0.2, -0.15) is 0 Å². The van der Waals surface area contributed by atoms with Crippen molar-refractivity contribution in [2.45, 2.75) is 13.3 Å². The van der Waals surface area contributed by atoms with E-state index in [1.54, 1.807) is 19.1 Å². The Hall–Kier alpha value is -1.91. The van der Waals surface area contributed by atoms with E-state index in [0.29, 0.717) is 30.9 Å². The number of anilines is 3. The fraction of sp³-hybridized carbons (Fsp3) is 0.364. The second kappa shape index (κ2) is 5.85. The summed E-state index contributed by atoms with van der Waals surface area (Å²) >= 11 is 0. The summed E-state index contributed by atoms with van der Waals surface area (Å²) < 4.78 is 4.80. The first-order valence-electron chi connectivity index (χ1n) is 5.18. The lowest BCUT2D eigenvalue weighted by Gasteiger charge is -2.08. The smallest absolute Gasteiger partial charge is 0.307 e. The molecule has 0 unspecified atom stereocenters. The number of nitrogens with one attached hydrogen (secondary N) is 1. The Morgan fingerprint density at radius 2 is 2.12 bits per heavy atom. The van der Waals surface area contributed by atoms with Crippen LogP contribution in [-0.2, 0) is 9.53 Å². The van der Waals surface area contributed by atoms with Crippen molar-refractivity contribution in [3.63, 3.8) is 0 Å². The molecule has 1 aromatic carbocycles. The lowest BCUT2D eigenvalue weighted by Crippen LogP contribution is -2.11. The van der Waals surface area contributed by atoms with Crippen molar-refractivity contribution < 1.29 is 9.53 Å². The van der Waals surface area contributed by atoms with E-state index < -0.39 is 0 Å². The lowest BCUT2D eigenvalue weighted by molar-refractivity contribution is -0.142. The van der Waals surface area contributed by atoms with Crippen molar-refractivity contribution in [2.24, 2.45) is 0 Å². The number of nitrogens with two attached hydrogens (primary N) is 2. The summed E-state index contributed by atoms with van der Waals surface area (Å²) in [4.78, 5) is 11.0. The number of benzene rings is 1. The van der Waals surface area contributed by atoms with Crippen molar-refractivity contribution in [3.05, 3.63) is 18.2 Å². The average molecular weight is 223 g/mol. The van der Waals surface area contributed by atoms with E-state index in [9.17, 15) is 4.79 Å². The first kappa shape index (κ1) is 12.2. The molecule has 88 valence electrons. The molecule has 0 aliphatic carbocycles. The molecular weight excluding hydrogens is 206 g/mol. The molecule has 1 aromatic rings. The molecule has 1 rings (SSSR count). The average Bonchev–Trinajstić information content (AvgIpc) is 2.24. The van der Waals surface area contributed by atoms with Crippen molar-refractivity contribution >= 4 is 23.0 Å². The maximum Gasteiger partial charge on any atom is 0.307 e. The van der Waals surface area contributed by atoms with Gasteiger partial charge in [0.15, 0.2) is 0 Å². The SMILES string of the molecule is CCOC(=O)CCNc1ccc(N)c(N)c1. The molecule has 0 heterocycles. The lowest BCUT2D eigenvalue weighted by atomic mass is 10.2. The zero-order valence-electron chi connectivity index (χ0n) is 9.32. The summed E-state index contributed by atoms with van der Waals surface area (Å²) in [7, 11) is 0. The third kappa shape index (κ3) is 3.68. The molecule has 0 spiro atoms. The first-order valence-corrected chi connectivity index (χ1v) is 5.18. The van der Waals surface area contributed by atoms with Crippen LogP contribution in [0.2, 0.25) is 0 Å². The van der Waals surface area contributed by atoms with Crippen LogP contribution >= 0.6 is 0 Å². The summed E-state index contributed by atoms with van der Waals surface area (Å²) in [6.45, 7) is 2.71. The van der Waals surface area contributed by atoms with E-state index in [4.69, 9.17) is 16.2 Å². The summed E-state index contributed by atoms with van der Waals surface area (Å²) in [5, 5.41) is 3.07. The monoisotopic (exact) mass is 223 g/mol. The third-order valence-electron chi connectivity index (χ3n) is 2.05. The quantitative estimate of drug-likeness (QED) is 0.515. The van der Waals surface area contributed by atoms with Crippen LogP contribution in [0.15, 0.2) is 18.2 Å². The molecule has 0 saturated heterocycles. The van der Waals surface area contributed by atoms with Gasteiger partial charge in [0.25, 0.3) is 0 Å². The minimum atomic E-state index is -0.210. The minimum Gasteiger partial charge on any atom is -0.466 e. The molecule has 5 nitrogen and oxygen atoms in total. The van der Waals surface area contributed by atoms with Crippen LogP contribution in [0.25, 0.3) is 0 Å². The topological polar surface area (TPSA) is 90.4 Å². The summed E-state index contributed by atoms with van der Waals surface area (Å²) in [6.07, 6.45) is 0.331. The molecule has 0 atom stereocenters. The van der Waals surface area contributed by atoms with Gasteiger partial charge in [-0.05, 0) is 25.1 Å². The number of hydrogen-bond donors (Lipinski definition) is 3. The van der Waals surface area contributed by atoms with Gasteiger partial charge in [0, 0.05) is 12.2 Å². The van der Waals surface area contributed by atoms with Crippen LogP contribution in [0.5, 0.6) is 0 Å². The molecular formula is C11H17N3O2. The largest absolute Gasteiger partial charge is 0.466 e. The van der Waals surface area contributed by atoms with Crippen LogP contribution in [-0.4, -0.2) is 19.1 Å². The van der Waals surface area contributed by atoms with Crippen LogP contribution < -0.4 is 16.8 Å². The molecule has 0 bridgehead atoms. The predicted octanol–water partition coefficient (Wildman–Crippen LogP) is 1.22. The van der Waals surface area contributed by atoms with Gasteiger partial charge in [0.05, 0.1) is 24.4 Å². The minimum absolute atomic E-state index is 0.210. The predicted molar refractivity (Wildman–Crippen MR) is 65.0 cm³/mol. The fourth-order valence-corrected chi connectivity index (χ4v) is 1.23. The van der Waals surface area contributed by atoms with Gasteiger partial charge in [0.2, 0.25) is 0 Å². The molecule has 0 aliphatic rings. The highest BCUT2D eigenvalue weighted by molar-refractivity contribution is 5.71. The Morgan fingerprint density at radius 3 is 2.75 bits per heavy atom. The second-order valence-corrected chi connectivity index (χ2v) is 3.33. The molecule has 16 heavy (non-hydrogen) atoms. The number of nitrogen functional groups attached to an aromatic ring is 2. The Labute approximate surface area is 94.8 Å². The Morgan fingerprint density at radius 1 is 1.38 bits per heavy atom. The third-order valence-corrected chi connectivity index (χ3v) is 2.05. The fourth-order valence-electron chi connectivity index (χ4n) is 1.23. The maximum absolute atomic E-state index is 11.0. The molecule has 5 heteroatoms. The van der Waals surface area contributed by atoms with Crippen molar-refractivity contribution in [1.29, 1.82) is 0 Å². The molecule has 0 aliphatic heterocycles. The summed E-state index contributed by atoms with van der Waals surface area (Å²) in [5.41, 5.74) is 13.1. The van der Waals surface area contributed by atoms with Gasteiger partial charge < -0.3 is 21.5 Å². The summed E-state index contributed by atoms with van der Waals surface area (Å²) in [6, 6.07) is 5.28. The van der Waals surface area contributed by atoms with Gasteiger partial charge in [-0.15, -0.1) is 0 Å². The standard InChI is InChI=1S/C11H17N3O2/c1-2-16-11(15)5-6-14-8-3-4-9(12)10(13)7-8/h3-4,7,14H,2,5-6,12-13H2,1H3.